The lowest BCUT2D eigenvalue weighted by Gasteiger charge is -2.22. The summed E-state index contributed by atoms with van der Waals surface area (Å²) in [4.78, 5) is 35.0. The molecule has 0 aromatic heterocycles. The molecule has 0 spiro atoms. The molecule has 2 aliphatic heterocycles. The molecule has 2 aliphatic rings. The summed E-state index contributed by atoms with van der Waals surface area (Å²) in [7, 11) is 1.56. The summed E-state index contributed by atoms with van der Waals surface area (Å²) < 4.78 is 5.32. The molecule has 2 aromatic rings. The Morgan fingerprint density at radius 1 is 0.933 bits per heavy atom. The zero-order valence-electron chi connectivity index (χ0n) is 17.0. The highest BCUT2D eigenvalue weighted by molar-refractivity contribution is 6.39. The van der Waals surface area contributed by atoms with E-state index in [4.69, 9.17) is 9.57 Å². The Morgan fingerprint density at radius 2 is 1.60 bits per heavy atom. The topological polar surface area (TPSA) is 71.4 Å². The Balaban J connectivity index is 1.37. The SMILES string of the molecule is COc1ccccc1C(=O)N1CCCN(C(=O)C2=NOC(c3ccccc3)C2)CC1. The largest absolute Gasteiger partial charge is 0.496 e. The predicted octanol–water partition coefficient (Wildman–Crippen LogP) is 2.89. The van der Waals surface area contributed by atoms with E-state index in [2.05, 4.69) is 5.16 Å². The standard InChI is InChI=1S/C23H25N3O4/c1-29-20-11-6-5-10-18(20)22(27)25-12-7-13-26(15-14-25)23(28)19-16-21(30-24-19)17-8-3-2-4-9-17/h2-6,8-11,21H,7,12-16H2,1H3. The molecular formula is C23H25N3O4. The molecule has 7 nitrogen and oxygen atoms in total. The number of rotatable bonds is 4. The van der Waals surface area contributed by atoms with Crippen LogP contribution < -0.4 is 4.74 Å². The number of ether oxygens (including phenoxy) is 1. The van der Waals surface area contributed by atoms with E-state index >= 15 is 0 Å². The molecule has 7 heteroatoms. The minimum atomic E-state index is -0.222. The van der Waals surface area contributed by atoms with Gasteiger partial charge in [-0.1, -0.05) is 47.6 Å². The van der Waals surface area contributed by atoms with E-state index in [1.807, 2.05) is 42.5 Å². The van der Waals surface area contributed by atoms with Crippen LogP contribution in [0.25, 0.3) is 0 Å². The molecule has 0 aliphatic carbocycles. The summed E-state index contributed by atoms with van der Waals surface area (Å²) in [6, 6.07) is 17.0. The summed E-state index contributed by atoms with van der Waals surface area (Å²) >= 11 is 0. The second-order valence-electron chi connectivity index (χ2n) is 7.39. The van der Waals surface area contributed by atoms with Crippen LogP contribution >= 0.6 is 0 Å². The number of hydrogen-bond donors (Lipinski definition) is 0. The molecular weight excluding hydrogens is 382 g/mol. The summed E-state index contributed by atoms with van der Waals surface area (Å²) in [5.74, 6) is 0.372. The maximum atomic E-state index is 13.0. The molecule has 156 valence electrons. The first-order valence-corrected chi connectivity index (χ1v) is 10.2. The monoisotopic (exact) mass is 407 g/mol. The van der Waals surface area contributed by atoms with Crippen LogP contribution in [-0.2, 0) is 9.63 Å². The lowest BCUT2D eigenvalue weighted by molar-refractivity contribution is -0.124. The van der Waals surface area contributed by atoms with Crippen molar-refractivity contribution in [3.8, 4) is 5.75 Å². The molecule has 0 bridgehead atoms. The van der Waals surface area contributed by atoms with Gasteiger partial charge in [-0.2, -0.15) is 0 Å². The van der Waals surface area contributed by atoms with Crippen molar-refractivity contribution in [2.45, 2.75) is 18.9 Å². The van der Waals surface area contributed by atoms with Crippen LogP contribution in [0, 0.1) is 0 Å². The fourth-order valence-electron chi connectivity index (χ4n) is 3.85. The molecule has 4 rings (SSSR count). The van der Waals surface area contributed by atoms with Gasteiger partial charge in [-0.3, -0.25) is 9.59 Å². The molecule has 2 amide bonds. The number of benzene rings is 2. The summed E-state index contributed by atoms with van der Waals surface area (Å²) in [5, 5.41) is 4.05. The van der Waals surface area contributed by atoms with E-state index in [0.717, 1.165) is 5.56 Å². The first-order chi connectivity index (χ1) is 14.7. The van der Waals surface area contributed by atoms with Crippen LogP contribution in [-0.4, -0.2) is 60.6 Å². The quantitative estimate of drug-likeness (QED) is 0.781. The van der Waals surface area contributed by atoms with Crippen molar-refractivity contribution in [1.82, 2.24) is 9.80 Å². The first-order valence-electron chi connectivity index (χ1n) is 10.2. The lowest BCUT2D eigenvalue weighted by Crippen LogP contribution is -2.40. The number of methoxy groups -OCH3 is 1. The van der Waals surface area contributed by atoms with Crippen LogP contribution in [0.3, 0.4) is 0 Å². The van der Waals surface area contributed by atoms with Gasteiger partial charge in [0.1, 0.15) is 11.5 Å². The number of carbonyl (C=O) groups excluding carboxylic acids is 2. The Labute approximate surface area is 175 Å². The third-order valence-corrected chi connectivity index (χ3v) is 5.49. The van der Waals surface area contributed by atoms with Gasteiger partial charge in [-0.15, -0.1) is 0 Å². The van der Waals surface area contributed by atoms with E-state index < -0.39 is 0 Å². The Bertz CT molecular complexity index is 944. The summed E-state index contributed by atoms with van der Waals surface area (Å²) in [5.41, 5.74) is 1.99. The van der Waals surface area contributed by atoms with Gasteiger partial charge in [-0.25, -0.2) is 0 Å². The van der Waals surface area contributed by atoms with Crippen molar-refractivity contribution in [1.29, 1.82) is 0 Å². The average molecular weight is 407 g/mol. The van der Waals surface area contributed by atoms with Crippen molar-refractivity contribution < 1.29 is 19.2 Å². The zero-order chi connectivity index (χ0) is 20.9. The predicted molar refractivity (Wildman–Crippen MR) is 112 cm³/mol. The van der Waals surface area contributed by atoms with Crippen molar-refractivity contribution in [3.63, 3.8) is 0 Å². The number of hydrogen-bond acceptors (Lipinski definition) is 5. The molecule has 0 radical (unpaired) electrons. The normalized spacial score (nSPS) is 19.0. The first kappa shape index (κ1) is 19.9. The number of amides is 2. The highest BCUT2D eigenvalue weighted by Crippen LogP contribution is 2.28. The molecule has 1 atom stereocenters. The highest BCUT2D eigenvalue weighted by Gasteiger charge is 2.32. The van der Waals surface area contributed by atoms with Gasteiger partial charge in [0.25, 0.3) is 11.8 Å². The number of oxime groups is 1. The maximum absolute atomic E-state index is 13.0. The molecule has 1 fully saturated rings. The Hall–Kier alpha value is -3.35. The molecule has 1 saturated heterocycles. The van der Waals surface area contributed by atoms with E-state index in [1.54, 1.807) is 29.0 Å². The highest BCUT2D eigenvalue weighted by atomic mass is 16.6. The van der Waals surface area contributed by atoms with Gasteiger partial charge in [0.05, 0.1) is 12.7 Å². The number of para-hydroxylation sites is 1. The molecule has 2 aromatic carbocycles. The van der Waals surface area contributed by atoms with Gasteiger partial charge >= 0.3 is 0 Å². The van der Waals surface area contributed by atoms with Crippen molar-refractivity contribution >= 4 is 17.5 Å². The van der Waals surface area contributed by atoms with Crippen molar-refractivity contribution in [2.24, 2.45) is 5.16 Å². The number of nitrogens with zero attached hydrogens (tertiary/aromatic N) is 3. The van der Waals surface area contributed by atoms with Gasteiger partial charge < -0.3 is 19.4 Å². The fraction of sp³-hybridized carbons (Fsp3) is 0.348. The van der Waals surface area contributed by atoms with E-state index in [0.29, 0.717) is 56.0 Å². The van der Waals surface area contributed by atoms with Crippen LogP contribution in [0.4, 0.5) is 0 Å². The smallest absolute Gasteiger partial charge is 0.271 e. The average Bonchev–Trinajstić information content (AvgIpc) is 3.17. The minimum absolute atomic E-state index is 0.0765. The van der Waals surface area contributed by atoms with Crippen molar-refractivity contribution in [2.75, 3.05) is 33.3 Å². The van der Waals surface area contributed by atoms with E-state index in [9.17, 15) is 9.59 Å². The molecule has 0 saturated carbocycles. The van der Waals surface area contributed by atoms with Gasteiger partial charge in [0.15, 0.2) is 6.10 Å². The third-order valence-electron chi connectivity index (χ3n) is 5.49. The van der Waals surface area contributed by atoms with Crippen LogP contribution in [0.15, 0.2) is 59.8 Å². The molecule has 2 heterocycles. The van der Waals surface area contributed by atoms with Gasteiger partial charge in [-0.05, 0) is 24.1 Å². The molecule has 30 heavy (non-hydrogen) atoms. The summed E-state index contributed by atoms with van der Waals surface area (Å²) in [6.45, 7) is 2.12. The van der Waals surface area contributed by atoms with Crippen LogP contribution in [0.5, 0.6) is 5.75 Å². The Kier molecular flexibility index (Phi) is 5.97. The number of carbonyl (C=O) groups is 2. The van der Waals surface area contributed by atoms with E-state index in [1.165, 1.54) is 0 Å². The second kappa shape index (κ2) is 8.98. The van der Waals surface area contributed by atoms with Gasteiger partial charge in [0.2, 0.25) is 0 Å². The molecule has 1 unspecified atom stereocenters. The van der Waals surface area contributed by atoms with E-state index in [-0.39, 0.29) is 17.9 Å². The minimum Gasteiger partial charge on any atom is -0.496 e. The lowest BCUT2D eigenvalue weighted by atomic mass is 10.0. The third kappa shape index (κ3) is 4.15. The second-order valence-corrected chi connectivity index (χ2v) is 7.39. The summed E-state index contributed by atoms with van der Waals surface area (Å²) in [6.07, 6.45) is 0.951. The van der Waals surface area contributed by atoms with Gasteiger partial charge in [0, 0.05) is 32.6 Å². The van der Waals surface area contributed by atoms with Crippen molar-refractivity contribution in [3.05, 3.63) is 65.7 Å². The fourth-order valence-corrected chi connectivity index (χ4v) is 3.85. The zero-order valence-corrected chi connectivity index (χ0v) is 17.0. The Morgan fingerprint density at radius 3 is 2.33 bits per heavy atom. The van der Waals surface area contributed by atoms with Crippen LogP contribution in [0.1, 0.15) is 34.9 Å². The maximum Gasteiger partial charge on any atom is 0.271 e. The van der Waals surface area contributed by atoms with Crippen LogP contribution in [0.2, 0.25) is 0 Å². The molecule has 0 N–H and O–H groups in total.